The van der Waals surface area contributed by atoms with Crippen LogP contribution < -0.4 is 11.1 Å². The third-order valence-corrected chi connectivity index (χ3v) is 3.42. The second-order valence-electron chi connectivity index (χ2n) is 4.28. The minimum absolute atomic E-state index is 0.0418. The Bertz CT molecular complexity index is 382. The van der Waals surface area contributed by atoms with Gasteiger partial charge in [-0.15, -0.1) is 0 Å². The summed E-state index contributed by atoms with van der Waals surface area (Å²) in [5.74, 6) is 0.633. The highest BCUT2D eigenvalue weighted by atomic mass is 79.9. The fourth-order valence-corrected chi connectivity index (χ4v) is 2.29. The van der Waals surface area contributed by atoms with Crippen LogP contribution in [0.2, 0.25) is 0 Å². The maximum absolute atomic E-state index is 11.8. The highest BCUT2D eigenvalue weighted by Gasteiger charge is 2.18. The molecular formula is C12H15BrN2O. The molecule has 1 aromatic carbocycles. The molecule has 1 amide bonds. The van der Waals surface area contributed by atoms with Gasteiger partial charge in [-0.3, -0.25) is 4.79 Å². The Kier molecular flexibility index (Phi) is 3.49. The number of hydrogen-bond donors (Lipinski definition) is 2. The Labute approximate surface area is 104 Å². The highest BCUT2D eigenvalue weighted by molar-refractivity contribution is 9.10. The number of amides is 1. The smallest absolute Gasteiger partial charge is 0.251 e. The van der Waals surface area contributed by atoms with Crippen molar-refractivity contribution in [1.29, 1.82) is 0 Å². The van der Waals surface area contributed by atoms with E-state index in [2.05, 4.69) is 21.2 Å². The highest BCUT2D eigenvalue weighted by Crippen LogP contribution is 2.25. The Hall–Kier alpha value is -1.03. The third kappa shape index (κ3) is 2.76. The lowest BCUT2D eigenvalue weighted by Gasteiger charge is -2.25. The normalized spacial score (nSPS) is 15.6. The van der Waals surface area contributed by atoms with Gasteiger partial charge in [0.1, 0.15) is 0 Å². The number of hydrogen-bond acceptors (Lipinski definition) is 2. The third-order valence-electron chi connectivity index (χ3n) is 2.96. The zero-order chi connectivity index (χ0) is 11.5. The first-order chi connectivity index (χ1) is 7.65. The first-order valence-electron chi connectivity index (χ1n) is 5.49. The minimum Gasteiger partial charge on any atom is -0.399 e. The van der Waals surface area contributed by atoms with Crippen LogP contribution in [0, 0.1) is 5.92 Å². The van der Waals surface area contributed by atoms with Crippen LogP contribution in [-0.4, -0.2) is 12.5 Å². The predicted molar refractivity (Wildman–Crippen MR) is 68.2 cm³/mol. The van der Waals surface area contributed by atoms with Crippen LogP contribution in [0.1, 0.15) is 29.6 Å². The quantitative estimate of drug-likeness (QED) is 0.838. The van der Waals surface area contributed by atoms with E-state index in [1.807, 2.05) is 0 Å². The van der Waals surface area contributed by atoms with E-state index in [0.29, 0.717) is 17.2 Å². The second-order valence-corrected chi connectivity index (χ2v) is 5.20. The molecule has 3 nitrogen and oxygen atoms in total. The molecule has 0 radical (unpaired) electrons. The summed E-state index contributed by atoms with van der Waals surface area (Å²) in [7, 11) is 0. The number of carbonyl (C=O) groups excluding carboxylic acids is 1. The first-order valence-corrected chi connectivity index (χ1v) is 6.29. The van der Waals surface area contributed by atoms with Gasteiger partial charge in [-0.05, 0) is 37.0 Å². The molecule has 0 heterocycles. The van der Waals surface area contributed by atoms with Gasteiger partial charge < -0.3 is 11.1 Å². The van der Waals surface area contributed by atoms with E-state index < -0.39 is 0 Å². The van der Waals surface area contributed by atoms with E-state index in [1.54, 1.807) is 18.2 Å². The van der Waals surface area contributed by atoms with E-state index in [1.165, 1.54) is 19.3 Å². The number of anilines is 1. The molecule has 1 aromatic rings. The van der Waals surface area contributed by atoms with Gasteiger partial charge in [0.05, 0.1) is 0 Å². The number of halogens is 1. The van der Waals surface area contributed by atoms with Crippen molar-refractivity contribution >= 4 is 27.5 Å². The lowest BCUT2D eigenvalue weighted by Crippen LogP contribution is -2.32. The second kappa shape index (κ2) is 4.87. The molecule has 0 aliphatic heterocycles. The Morgan fingerprint density at radius 2 is 2.19 bits per heavy atom. The summed E-state index contributed by atoms with van der Waals surface area (Å²) in [5.41, 5.74) is 6.90. The molecule has 0 unspecified atom stereocenters. The van der Waals surface area contributed by atoms with E-state index >= 15 is 0 Å². The van der Waals surface area contributed by atoms with Crippen molar-refractivity contribution in [3.05, 3.63) is 28.2 Å². The number of benzene rings is 1. The molecule has 4 heteroatoms. The van der Waals surface area contributed by atoms with Gasteiger partial charge in [0, 0.05) is 22.3 Å². The maximum Gasteiger partial charge on any atom is 0.251 e. The number of nitrogens with two attached hydrogens (primary N) is 1. The summed E-state index contributed by atoms with van der Waals surface area (Å²) in [6.45, 7) is 0.783. The lowest BCUT2D eigenvalue weighted by atomic mass is 9.85. The summed E-state index contributed by atoms with van der Waals surface area (Å²) in [6, 6.07) is 5.26. The van der Waals surface area contributed by atoms with Crippen LogP contribution >= 0.6 is 15.9 Å². The zero-order valence-electron chi connectivity index (χ0n) is 9.00. The van der Waals surface area contributed by atoms with Crippen LogP contribution in [0.5, 0.6) is 0 Å². The molecule has 1 aliphatic carbocycles. The van der Waals surface area contributed by atoms with Crippen molar-refractivity contribution in [3.8, 4) is 0 Å². The van der Waals surface area contributed by atoms with E-state index in [4.69, 9.17) is 5.73 Å². The van der Waals surface area contributed by atoms with Gasteiger partial charge in [0.25, 0.3) is 5.91 Å². The van der Waals surface area contributed by atoms with Crippen molar-refractivity contribution in [3.63, 3.8) is 0 Å². The van der Waals surface area contributed by atoms with E-state index in [-0.39, 0.29) is 5.91 Å². The fraction of sp³-hybridized carbons (Fsp3) is 0.417. The molecule has 1 saturated carbocycles. The van der Waals surface area contributed by atoms with E-state index in [0.717, 1.165) is 11.0 Å². The van der Waals surface area contributed by atoms with Crippen molar-refractivity contribution < 1.29 is 4.79 Å². The van der Waals surface area contributed by atoms with Crippen molar-refractivity contribution in [2.24, 2.45) is 5.92 Å². The minimum atomic E-state index is -0.0418. The average Bonchev–Trinajstić information content (AvgIpc) is 2.13. The molecule has 0 atom stereocenters. The van der Waals surface area contributed by atoms with Gasteiger partial charge in [-0.25, -0.2) is 0 Å². The maximum atomic E-state index is 11.8. The number of nitrogen functional groups attached to an aromatic ring is 1. The van der Waals surface area contributed by atoms with Crippen LogP contribution in [0.25, 0.3) is 0 Å². The van der Waals surface area contributed by atoms with Gasteiger partial charge in [0.2, 0.25) is 0 Å². The number of rotatable bonds is 3. The fourth-order valence-electron chi connectivity index (χ4n) is 1.78. The van der Waals surface area contributed by atoms with Crippen molar-refractivity contribution in [2.75, 3.05) is 12.3 Å². The Morgan fingerprint density at radius 3 is 2.75 bits per heavy atom. The summed E-state index contributed by atoms with van der Waals surface area (Å²) in [6.07, 6.45) is 3.77. The first kappa shape index (κ1) is 11.5. The standard InChI is InChI=1S/C12H15BrN2O/c13-10-4-9(5-11(14)6-10)12(16)15-7-8-2-1-3-8/h4-6,8H,1-3,7,14H2,(H,15,16). The van der Waals surface area contributed by atoms with E-state index in [9.17, 15) is 4.79 Å². The lowest BCUT2D eigenvalue weighted by molar-refractivity contribution is 0.0939. The molecule has 0 bridgehead atoms. The van der Waals surface area contributed by atoms with Crippen LogP contribution in [-0.2, 0) is 0 Å². The van der Waals surface area contributed by atoms with Gasteiger partial charge in [-0.1, -0.05) is 22.4 Å². The van der Waals surface area contributed by atoms with Crippen molar-refractivity contribution in [1.82, 2.24) is 5.32 Å². The average molecular weight is 283 g/mol. The number of carbonyl (C=O) groups is 1. The van der Waals surface area contributed by atoms with Crippen LogP contribution in [0.3, 0.4) is 0 Å². The summed E-state index contributed by atoms with van der Waals surface area (Å²) in [4.78, 5) is 11.8. The zero-order valence-corrected chi connectivity index (χ0v) is 10.6. The van der Waals surface area contributed by atoms with Gasteiger partial charge in [-0.2, -0.15) is 0 Å². The SMILES string of the molecule is Nc1cc(Br)cc(C(=O)NCC2CCC2)c1. The topological polar surface area (TPSA) is 55.1 Å². The molecule has 86 valence electrons. The van der Waals surface area contributed by atoms with Crippen molar-refractivity contribution in [2.45, 2.75) is 19.3 Å². The Morgan fingerprint density at radius 1 is 1.44 bits per heavy atom. The summed E-state index contributed by atoms with van der Waals surface area (Å²) < 4.78 is 0.835. The molecule has 0 spiro atoms. The molecule has 1 aliphatic rings. The van der Waals surface area contributed by atoms with Crippen LogP contribution in [0.15, 0.2) is 22.7 Å². The molecule has 0 aromatic heterocycles. The molecule has 2 rings (SSSR count). The number of nitrogens with one attached hydrogen (secondary N) is 1. The Balaban J connectivity index is 1.96. The van der Waals surface area contributed by atoms with Gasteiger partial charge in [0.15, 0.2) is 0 Å². The van der Waals surface area contributed by atoms with Gasteiger partial charge >= 0.3 is 0 Å². The molecule has 16 heavy (non-hydrogen) atoms. The predicted octanol–water partition coefficient (Wildman–Crippen LogP) is 2.56. The largest absolute Gasteiger partial charge is 0.399 e. The molecule has 3 N–H and O–H groups in total. The monoisotopic (exact) mass is 282 g/mol. The summed E-state index contributed by atoms with van der Waals surface area (Å²) >= 11 is 3.33. The molecule has 0 saturated heterocycles. The van der Waals surface area contributed by atoms with Crippen LogP contribution in [0.4, 0.5) is 5.69 Å². The molecule has 1 fully saturated rings. The molecular weight excluding hydrogens is 268 g/mol. The summed E-state index contributed by atoms with van der Waals surface area (Å²) in [5, 5.41) is 2.94.